The smallest absolute Gasteiger partial charge is 0.265 e. The molecule has 3 N–H and O–H groups in total. The molecule has 0 radical (unpaired) electrons. The van der Waals surface area contributed by atoms with E-state index in [1.165, 1.54) is 36.6 Å². The molecule has 0 amide bonds. The van der Waals surface area contributed by atoms with E-state index in [0.717, 1.165) is 5.01 Å². The fourth-order valence-electron chi connectivity index (χ4n) is 1.51. The fourth-order valence-corrected chi connectivity index (χ4v) is 3.53. The van der Waals surface area contributed by atoms with Crippen LogP contribution in [0, 0.1) is 0 Å². The molecule has 0 spiro atoms. The van der Waals surface area contributed by atoms with Gasteiger partial charge < -0.3 is 10.5 Å². The van der Waals surface area contributed by atoms with Gasteiger partial charge in [0.1, 0.15) is 15.7 Å². The van der Waals surface area contributed by atoms with Gasteiger partial charge in [-0.2, -0.15) is 0 Å². The largest absolute Gasteiger partial charge is 0.497 e. The number of aryl methyl sites for hydroxylation is 1. The fraction of sp³-hybridized carbons (Fsp3) is 0.273. The summed E-state index contributed by atoms with van der Waals surface area (Å²) < 4.78 is 31.8. The number of sulfonamides is 1. The molecule has 1 aromatic heterocycles. The highest BCUT2D eigenvalue weighted by Crippen LogP contribution is 2.26. The molecule has 0 saturated carbocycles. The van der Waals surface area contributed by atoms with Gasteiger partial charge in [-0.3, -0.25) is 4.72 Å². The lowest BCUT2D eigenvalue weighted by atomic mass is 10.3. The van der Waals surface area contributed by atoms with E-state index in [1.807, 2.05) is 6.92 Å². The molecule has 2 aromatic rings. The first kappa shape index (κ1) is 14.5. The van der Waals surface area contributed by atoms with Gasteiger partial charge in [0.2, 0.25) is 5.13 Å². The van der Waals surface area contributed by atoms with Crippen molar-refractivity contribution in [2.24, 2.45) is 0 Å². The average Bonchev–Trinajstić information content (AvgIpc) is 2.85. The normalized spacial score (nSPS) is 11.3. The summed E-state index contributed by atoms with van der Waals surface area (Å²) in [7, 11) is -2.31. The Labute approximate surface area is 120 Å². The molecule has 0 aliphatic heterocycles. The Morgan fingerprint density at radius 3 is 2.70 bits per heavy atom. The lowest BCUT2D eigenvalue weighted by molar-refractivity contribution is 0.414. The zero-order valence-electron chi connectivity index (χ0n) is 11.0. The van der Waals surface area contributed by atoms with Crippen LogP contribution >= 0.6 is 11.3 Å². The van der Waals surface area contributed by atoms with Crippen molar-refractivity contribution in [1.82, 2.24) is 10.2 Å². The minimum absolute atomic E-state index is 0.0217. The third-order valence-corrected chi connectivity index (χ3v) is 5.02. The minimum Gasteiger partial charge on any atom is -0.497 e. The zero-order valence-corrected chi connectivity index (χ0v) is 12.6. The Balaban J connectivity index is 2.30. The van der Waals surface area contributed by atoms with E-state index in [1.54, 1.807) is 0 Å². The molecule has 2 rings (SSSR count). The summed E-state index contributed by atoms with van der Waals surface area (Å²) in [6, 6.07) is 4.37. The molecular weight excluding hydrogens is 300 g/mol. The Kier molecular flexibility index (Phi) is 4.09. The van der Waals surface area contributed by atoms with Crippen molar-refractivity contribution in [1.29, 1.82) is 0 Å². The Morgan fingerprint density at radius 1 is 1.40 bits per heavy atom. The van der Waals surface area contributed by atoms with Crippen molar-refractivity contribution in [3.05, 3.63) is 23.2 Å². The number of methoxy groups -OCH3 is 1. The molecule has 7 nitrogen and oxygen atoms in total. The number of nitrogens with one attached hydrogen (secondary N) is 1. The van der Waals surface area contributed by atoms with Crippen molar-refractivity contribution in [2.45, 2.75) is 18.2 Å². The Morgan fingerprint density at radius 2 is 2.15 bits per heavy atom. The maximum Gasteiger partial charge on any atom is 0.265 e. The molecule has 0 unspecified atom stereocenters. The quantitative estimate of drug-likeness (QED) is 0.810. The minimum atomic E-state index is -3.79. The third kappa shape index (κ3) is 2.99. The first-order valence-electron chi connectivity index (χ1n) is 5.75. The number of nitrogen functional groups attached to an aromatic ring is 1. The number of hydrogen-bond acceptors (Lipinski definition) is 7. The molecule has 9 heteroatoms. The zero-order chi connectivity index (χ0) is 14.8. The molecule has 108 valence electrons. The van der Waals surface area contributed by atoms with Crippen LogP contribution in [0.3, 0.4) is 0 Å². The van der Waals surface area contributed by atoms with E-state index >= 15 is 0 Å². The second-order valence-corrected chi connectivity index (χ2v) is 6.58. The first-order chi connectivity index (χ1) is 9.46. The highest BCUT2D eigenvalue weighted by Gasteiger charge is 2.20. The number of anilines is 2. The highest BCUT2D eigenvalue weighted by molar-refractivity contribution is 7.93. The molecular formula is C11H14N4O3S2. The van der Waals surface area contributed by atoms with E-state index in [4.69, 9.17) is 10.5 Å². The van der Waals surface area contributed by atoms with E-state index in [2.05, 4.69) is 14.9 Å². The average molecular weight is 314 g/mol. The molecule has 1 heterocycles. The van der Waals surface area contributed by atoms with Gasteiger partial charge in [-0.1, -0.05) is 18.3 Å². The molecule has 1 aromatic carbocycles. The van der Waals surface area contributed by atoms with Crippen molar-refractivity contribution >= 4 is 32.2 Å². The lowest BCUT2D eigenvalue weighted by Crippen LogP contribution is -2.14. The summed E-state index contributed by atoms with van der Waals surface area (Å²) in [5, 5.41) is 8.60. The third-order valence-electron chi connectivity index (χ3n) is 2.50. The number of ether oxygens (including phenoxy) is 1. The topological polar surface area (TPSA) is 107 Å². The van der Waals surface area contributed by atoms with Crippen LogP contribution in [0.5, 0.6) is 5.75 Å². The predicted octanol–water partition coefficient (Wildman–Crippen LogP) is 1.49. The molecule has 0 saturated heterocycles. The SMILES string of the molecule is CCc1nnc(NS(=O)(=O)c2ccc(OC)cc2N)s1. The molecule has 0 aliphatic rings. The van der Waals surface area contributed by atoms with Crippen LogP contribution in [0.2, 0.25) is 0 Å². The summed E-state index contributed by atoms with van der Waals surface area (Å²) in [6.45, 7) is 1.92. The second-order valence-electron chi connectivity index (χ2n) is 3.86. The maximum absolute atomic E-state index is 12.2. The Bertz CT molecular complexity index is 712. The monoisotopic (exact) mass is 314 g/mol. The predicted molar refractivity (Wildman–Crippen MR) is 77.5 cm³/mol. The standard InChI is InChI=1S/C11H14N4O3S2/c1-3-10-13-14-11(19-10)15-20(16,17)9-5-4-7(18-2)6-8(9)12/h4-6H,3,12H2,1-2H3,(H,14,15). The molecule has 20 heavy (non-hydrogen) atoms. The number of hydrogen-bond donors (Lipinski definition) is 2. The van der Waals surface area contributed by atoms with Crippen LogP contribution in [0.25, 0.3) is 0 Å². The summed E-state index contributed by atoms with van der Waals surface area (Å²) >= 11 is 1.19. The number of nitrogens with zero attached hydrogens (tertiary/aromatic N) is 2. The number of rotatable bonds is 5. The van der Waals surface area contributed by atoms with Gasteiger partial charge in [0, 0.05) is 6.07 Å². The van der Waals surface area contributed by atoms with Gasteiger partial charge in [-0.05, 0) is 18.6 Å². The number of aromatic nitrogens is 2. The van der Waals surface area contributed by atoms with E-state index in [0.29, 0.717) is 12.2 Å². The highest BCUT2D eigenvalue weighted by atomic mass is 32.2. The van der Waals surface area contributed by atoms with Crippen LogP contribution in [-0.2, 0) is 16.4 Å². The van der Waals surface area contributed by atoms with Crippen molar-refractivity contribution in [3.63, 3.8) is 0 Å². The van der Waals surface area contributed by atoms with Gasteiger partial charge >= 0.3 is 0 Å². The molecule has 0 aliphatic carbocycles. The second kappa shape index (κ2) is 5.63. The number of nitrogens with two attached hydrogens (primary N) is 1. The maximum atomic E-state index is 12.2. The molecule has 0 bridgehead atoms. The van der Waals surface area contributed by atoms with Crippen LogP contribution in [0.1, 0.15) is 11.9 Å². The van der Waals surface area contributed by atoms with Gasteiger partial charge in [-0.15, -0.1) is 10.2 Å². The summed E-state index contributed by atoms with van der Waals surface area (Å²) in [5.41, 5.74) is 5.84. The van der Waals surface area contributed by atoms with Gasteiger partial charge in [0.05, 0.1) is 12.8 Å². The Hall–Kier alpha value is -1.87. The van der Waals surface area contributed by atoms with E-state index in [-0.39, 0.29) is 15.7 Å². The van der Waals surface area contributed by atoms with Gasteiger partial charge in [0.15, 0.2) is 0 Å². The van der Waals surface area contributed by atoms with E-state index in [9.17, 15) is 8.42 Å². The van der Waals surface area contributed by atoms with Crippen LogP contribution in [0.4, 0.5) is 10.8 Å². The van der Waals surface area contributed by atoms with Crippen LogP contribution < -0.4 is 15.2 Å². The van der Waals surface area contributed by atoms with Crippen molar-refractivity contribution in [2.75, 3.05) is 17.6 Å². The van der Waals surface area contributed by atoms with Crippen molar-refractivity contribution < 1.29 is 13.2 Å². The van der Waals surface area contributed by atoms with E-state index < -0.39 is 10.0 Å². The van der Waals surface area contributed by atoms with Crippen molar-refractivity contribution in [3.8, 4) is 5.75 Å². The summed E-state index contributed by atoms with van der Waals surface area (Å²) in [5.74, 6) is 0.491. The lowest BCUT2D eigenvalue weighted by Gasteiger charge is -2.09. The summed E-state index contributed by atoms with van der Waals surface area (Å²) in [4.78, 5) is -0.0217. The van der Waals surface area contributed by atoms with Gasteiger partial charge in [-0.25, -0.2) is 8.42 Å². The molecule has 0 atom stereocenters. The first-order valence-corrected chi connectivity index (χ1v) is 8.05. The number of benzene rings is 1. The van der Waals surface area contributed by atoms with Gasteiger partial charge in [0.25, 0.3) is 10.0 Å². The summed E-state index contributed by atoms with van der Waals surface area (Å²) in [6.07, 6.45) is 0.698. The van der Waals surface area contributed by atoms with Crippen LogP contribution in [-0.4, -0.2) is 25.7 Å². The molecule has 0 fully saturated rings. The van der Waals surface area contributed by atoms with Crippen LogP contribution in [0.15, 0.2) is 23.1 Å².